The number of halogens is 2. The van der Waals surface area contributed by atoms with Gasteiger partial charge in [0.1, 0.15) is 0 Å². The molecule has 0 amide bonds. The molecule has 1 aromatic rings. The average molecular weight is 294 g/mol. The predicted molar refractivity (Wildman–Crippen MR) is 73.4 cm³/mol. The minimum absolute atomic E-state index is 0. The van der Waals surface area contributed by atoms with Gasteiger partial charge < -0.3 is 19.5 Å². The van der Waals surface area contributed by atoms with Crippen LogP contribution >= 0.6 is 24.0 Å². The number of methoxy groups -OCH3 is 2. The molecular formula is C12H17Cl2NO3. The van der Waals surface area contributed by atoms with Crippen molar-refractivity contribution in [3.63, 3.8) is 0 Å². The number of benzene rings is 1. The van der Waals surface area contributed by atoms with Crippen molar-refractivity contribution in [3.05, 3.63) is 22.7 Å². The number of hydrogen-bond acceptors (Lipinski definition) is 4. The second-order valence-corrected chi connectivity index (χ2v) is 4.16. The van der Waals surface area contributed by atoms with Gasteiger partial charge in [0.05, 0.1) is 38.5 Å². The number of ether oxygens (including phenoxy) is 3. The quantitative estimate of drug-likeness (QED) is 0.929. The van der Waals surface area contributed by atoms with E-state index in [4.69, 9.17) is 25.8 Å². The van der Waals surface area contributed by atoms with Crippen LogP contribution in [-0.2, 0) is 4.74 Å². The van der Waals surface area contributed by atoms with Crippen molar-refractivity contribution in [2.75, 3.05) is 34.0 Å². The van der Waals surface area contributed by atoms with E-state index in [0.29, 0.717) is 23.1 Å². The van der Waals surface area contributed by atoms with Crippen LogP contribution in [0.3, 0.4) is 0 Å². The maximum Gasteiger partial charge on any atom is 0.179 e. The molecule has 4 nitrogen and oxygen atoms in total. The van der Waals surface area contributed by atoms with Crippen molar-refractivity contribution in [2.45, 2.75) is 6.04 Å². The van der Waals surface area contributed by atoms with E-state index < -0.39 is 0 Å². The molecule has 0 bridgehead atoms. The summed E-state index contributed by atoms with van der Waals surface area (Å²) >= 11 is 6.33. The summed E-state index contributed by atoms with van der Waals surface area (Å²) in [6.07, 6.45) is 0. The van der Waals surface area contributed by atoms with Gasteiger partial charge in [-0.05, 0) is 11.6 Å². The van der Waals surface area contributed by atoms with Gasteiger partial charge in [-0.3, -0.25) is 0 Å². The molecule has 1 saturated heterocycles. The maximum absolute atomic E-state index is 6.33. The fourth-order valence-corrected chi connectivity index (χ4v) is 2.30. The Balaban J connectivity index is 0.00000162. The van der Waals surface area contributed by atoms with Gasteiger partial charge in [0.25, 0.3) is 0 Å². The van der Waals surface area contributed by atoms with Gasteiger partial charge in [-0.15, -0.1) is 12.4 Å². The summed E-state index contributed by atoms with van der Waals surface area (Å²) < 4.78 is 15.9. The predicted octanol–water partition coefficient (Wildman–Crippen LogP) is 2.44. The number of nitrogens with one attached hydrogen (secondary N) is 1. The SMILES string of the molecule is COc1ccc([C@H]2COCCN2)c(Cl)c1OC.Cl. The van der Waals surface area contributed by atoms with E-state index in [9.17, 15) is 0 Å². The topological polar surface area (TPSA) is 39.7 Å². The summed E-state index contributed by atoms with van der Waals surface area (Å²) in [4.78, 5) is 0. The fraction of sp³-hybridized carbons (Fsp3) is 0.500. The van der Waals surface area contributed by atoms with Crippen LogP contribution in [0.2, 0.25) is 5.02 Å². The van der Waals surface area contributed by atoms with E-state index >= 15 is 0 Å². The molecule has 1 N–H and O–H groups in total. The first-order valence-corrected chi connectivity index (χ1v) is 5.87. The first kappa shape index (κ1) is 15.4. The maximum atomic E-state index is 6.33. The van der Waals surface area contributed by atoms with Gasteiger partial charge >= 0.3 is 0 Å². The molecule has 0 saturated carbocycles. The van der Waals surface area contributed by atoms with Crippen LogP contribution in [0.25, 0.3) is 0 Å². The van der Waals surface area contributed by atoms with Gasteiger partial charge in [0.15, 0.2) is 11.5 Å². The van der Waals surface area contributed by atoms with E-state index in [1.165, 1.54) is 0 Å². The third-order valence-electron chi connectivity index (χ3n) is 2.81. The van der Waals surface area contributed by atoms with Crippen molar-refractivity contribution >= 4 is 24.0 Å². The zero-order chi connectivity index (χ0) is 12.3. The van der Waals surface area contributed by atoms with Crippen molar-refractivity contribution < 1.29 is 14.2 Å². The second-order valence-electron chi connectivity index (χ2n) is 3.79. The molecule has 1 aliphatic heterocycles. The zero-order valence-electron chi connectivity index (χ0n) is 10.4. The third-order valence-corrected chi connectivity index (χ3v) is 3.20. The van der Waals surface area contributed by atoms with Crippen molar-refractivity contribution in [2.24, 2.45) is 0 Å². The highest BCUT2D eigenvalue weighted by Crippen LogP contribution is 2.39. The molecular weight excluding hydrogens is 277 g/mol. The van der Waals surface area contributed by atoms with Gasteiger partial charge in [0.2, 0.25) is 0 Å². The van der Waals surface area contributed by atoms with Crippen LogP contribution in [0.1, 0.15) is 11.6 Å². The van der Waals surface area contributed by atoms with E-state index in [-0.39, 0.29) is 18.4 Å². The molecule has 0 aromatic heterocycles. The van der Waals surface area contributed by atoms with Crippen LogP contribution < -0.4 is 14.8 Å². The van der Waals surface area contributed by atoms with Gasteiger partial charge in [-0.2, -0.15) is 0 Å². The lowest BCUT2D eigenvalue weighted by molar-refractivity contribution is 0.0768. The molecule has 1 fully saturated rings. The normalized spacial score (nSPS) is 18.9. The Labute approximate surface area is 118 Å². The molecule has 0 unspecified atom stereocenters. The fourth-order valence-electron chi connectivity index (χ4n) is 1.94. The minimum atomic E-state index is 0. The Morgan fingerprint density at radius 3 is 2.67 bits per heavy atom. The lowest BCUT2D eigenvalue weighted by Gasteiger charge is -2.25. The molecule has 1 atom stereocenters. The number of hydrogen-bond donors (Lipinski definition) is 1. The van der Waals surface area contributed by atoms with Crippen LogP contribution in [0.5, 0.6) is 11.5 Å². The molecule has 1 aromatic carbocycles. The second kappa shape index (κ2) is 7.04. The van der Waals surface area contributed by atoms with E-state index in [1.54, 1.807) is 14.2 Å². The Morgan fingerprint density at radius 1 is 1.33 bits per heavy atom. The molecule has 0 aliphatic carbocycles. The molecule has 102 valence electrons. The van der Waals surface area contributed by atoms with Crippen LogP contribution in [0.4, 0.5) is 0 Å². The van der Waals surface area contributed by atoms with E-state index in [0.717, 1.165) is 18.7 Å². The molecule has 18 heavy (non-hydrogen) atoms. The Kier molecular flexibility index (Phi) is 6.02. The highest BCUT2D eigenvalue weighted by molar-refractivity contribution is 6.33. The first-order valence-electron chi connectivity index (χ1n) is 5.49. The van der Waals surface area contributed by atoms with Gasteiger partial charge in [-0.25, -0.2) is 0 Å². The summed E-state index contributed by atoms with van der Waals surface area (Å²) in [6.45, 7) is 2.19. The van der Waals surface area contributed by atoms with E-state index in [1.807, 2.05) is 12.1 Å². The van der Waals surface area contributed by atoms with Gasteiger partial charge in [0, 0.05) is 6.54 Å². The van der Waals surface area contributed by atoms with E-state index in [2.05, 4.69) is 5.32 Å². The average Bonchev–Trinajstić information content (AvgIpc) is 2.39. The van der Waals surface area contributed by atoms with Crippen molar-refractivity contribution in [1.82, 2.24) is 5.32 Å². The highest BCUT2D eigenvalue weighted by atomic mass is 35.5. The third kappa shape index (κ3) is 3.01. The Bertz CT molecular complexity index is 395. The lowest BCUT2D eigenvalue weighted by Crippen LogP contribution is -2.34. The molecule has 1 aliphatic rings. The van der Waals surface area contributed by atoms with Gasteiger partial charge in [-0.1, -0.05) is 17.7 Å². The smallest absolute Gasteiger partial charge is 0.179 e. The first-order chi connectivity index (χ1) is 8.27. The molecule has 0 spiro atoms. The van der Waals surface area contributed by atoms with Crippen molar-refractivity contribution in [1.29, 1.82) is 0 Å². The summed E-state index contributed by atoms with van der Waals surface area (Å²) in [5.74, 6) is 1.21. The summed E-state index contributed by atoms with van der Waals surface area (Å²) in [7, 11) is 3.17. The van der Waals surface area contributed by atoms with Crippen LogP contribution in [0, 0.1) is 0 Å². The minimum Gasteiger partial charge on any atom is -0.493 e. The largest absolute Gasteiger partial charge is 0.493 e. The summed E-state index contributed by atoms with van der Waals surface area (Å²) in [6, 6.07) is 3.91. The number of rotatable bonds is 3. The molecule has 6 heteroatoms. The lowest BCUT2D eigenvalue weighted by atomic mass is 10.1. The van der Waals surface area contributed by atoms with Crippen LogP contribution in [-0.4, -0.2) is 34.0 Å². The molecule has 1 heterocycles. The standard InChI is InChI=1S/C12H16ClNO3.ClH/c1-15-10-4-3-8(11(13)12(10)16-2)9-7-17-6-5-14-9;/h3-4,9,14H,5-7H2,1-2H3;1H/t9-;/m1./s1. The monoisotopic (exact) mass is 293 g/mol. The summed E-state index contributed by atoms with van der Waals surface area (Å²) in [5, 5.41) is 3.94. The van der Waals surface area contributed by atoms with Crippen LogP contribution in [0.15, 0.2) is 12.1 Å². The number of morpholine rings is 1. The zero-order valence-corrected chi connectivity index (χ0v) is 11.9. The summed E-state index contributed by atoms with van der Waals surface area (Å²) in [5.41, 5.74) is 0.976. The Morgan fingerprint density at radius 2 is 2.11 bits per heavy atom. The molecule has 0 radical (unpaired) electrons. The highest BCUT2D eigenvalue weighted by Gasteiger charge is 2.21. The molecule has 2 rings (SSSR count). The van der Waals surface area contributed by atoms with Crippen molar-refractivity contribution in [3.8, 4) is 11.5 Å². The Hall–Kier alpha value is -0.680.